The number of carbonyl (C=O) groups is 2. The van der Waals surface area contributed by atoms with E-state index in [0.29, 0.717) is 0 Å². The van der Waals surface area contributed by atoms with Crippen molar-refractivity contribution in [1.29, 1.82) is 0 Å². The lowest BCUT2D eigenvalue weighted by atomic mass is 10.3. The van der Waals surface area contributed by atoms with E-state index < -0.39 is 6.04 Å². The molecule has 5 heteroatoms. The predicted molar refractivity (Wildman–Crippen MR) is 38.7 cm³/mol. The number of nitrogens with one attached hydrogen (secondary N) is 2. The van der Waals surface area contributed by atoms with Gasteiger partial charge < -0.3 is 5.32 Å². The van der Waals surface area contributed by atoms with E-state index in [1.54, 1.807) is 0 Å². The zero-order chi connectivity index (χ0) is 8.55. The van der Waals surface area contributed by atoms with Crippen molar-refractivity contribution in [2.45, 2.75) is 18.9 Å². The van der Waals surface area contributed by atoms with Crippen LogP contribution in [0.15, 0.2) is 0 Å². The highest BCUT2D eigenvalue weighted by molar-refractivity contribution is 5.89. The summed E-state index contributed by atoms with van der Waals surface area (Å²) < 4.78 is 0. The van der Waals surface area contributed by atoms with E-state index >= 15 is 0 Å². The van der Waals surface area contributed by atoms with Gasteiger partial charge in [0.1, 0.15) is 12.6 Å². The van der Waals surface area contributed by atoms with E-state index in [2.05, 4.69) is 15.6 Å². The summed E-state index contributed by atoms with van der Waals surface area (Å²) in [7, 11) is 0. The van der Waals surface area contributed by atoms with Crippen LogP contribution >= 0.6 is 0 Å². The number of hydroxylamine groups is 1. The Balaban J connectivity index is 1.84. The SMILES string of the molecule is O=C(N[C@@H]1CONC1=O)C1CC1. The average Bonchev–Trinajstić information content (AvgIpc) is 2.80. The number of amides is 2. The molecule has 0 radical (unpaired) electrons. The Hall–Kier alpha value is -1.10. The van der Waals surface area contributed by atoms with E-state index in [9.17, 15) is 9.59 Å². The Morgan fingerprint density at radius 3 is 2.83 bits per heavy atom. The smallest absolute Gasteiger partial charge is 0.268 e. The van der Waals surface area contributed by atoms with E-state index in [1.807, 2.05) is 0 Å². The maximum Gasteiger partial charge on any atom is 0.268 e. The molecule has 0 bridgehead atoms. The molecule has 0 spiro atoms. The van der Waals surface area contributed by atoms with Crippen LogP contribution in [0.3, 0.4) is 0 Å². The standard InChI is InChI=1S/C7H10N2O3/c10-6(4-1-2-4)8-5-3-12-9-7(5)11/h4-5H,1-3H2,(H,8,10)(H,9,11)/t5-/m1/s1. The van der Waals surface area contributed by atoms with Gasteiger partial charge in [0.15, 0.2) is 0 Å². The van der Waals surface area contributed by atoms with E-state index in [1.165, 1.54) is 0 Å². The average molecular weight is 170 g/mol. The minimum absolute atomic E-state index is 0.0272. The number of carbonyl (C=O) groups excluding carboxylic acids is 2. The summed E-state index contributed by atoms with van der Waals surface area (Å²) in [5.74, 6) is -0.150. The van der Waals surface area contributed by atoms with Crippen LogP contribution in [-0.2, 0) is 14.4 Å². The van der Waals surface area contributed by atoms with Gasteiger partial charge in [-0.25, -0.2) is 5.48 Å². The minimum atomic E-state index is -0.488. The monoisotopic (exact) mass is 170 g/mol. The van der Waals surface area contributed by atoms with Gasteiger partial charge >= 0.3 is 0 Å². The zero-order valence-corrected chi connectivity index (χ0v) is 6.50. The highest BCUT2D eigenvalue weighted by Gasteiger charge is 2.34. The van der Waals surface area contributed by atoms with Gasteiger partial charge in [0.2, 0.25) is 5.91 Å². The molecule has 0 aromatic carbocycles. The first kappa shape index (κ1) is 7.54. The lowest BCUT2D eigenvalue weighted by Crippen LogP contribution is -2.42. The summed E-state index contributed by atoms with van der Waals surface area (Å²) >= 11 is 0. The van der Waals surface area contributed by atoms with Crippen molar-refractivity contribution in [3.05, 3.63) is 0 Å². The maximum atomic E-state index is 11.2. The first-order chi connectivity index (χ1) is 5.77. The molecule has 2 fully saturated rings. The Labute approximate surface area is 69.4 Å². The second-order valence-electron chi connectivity index (χ2n) is 3.11. The van der Waals surface area contributed by atoms with Crippen LogP contribution in [0.4, 0.5) is 0 Å². The van der Waals surface area contributed by atoms with Gasteiger partial charge in [-0.2, -0.15) is 0 Å². The van der Waals surface area contributed by atoms with Crippen molar-refractivity contribution < 1.29 is 14.4 Å². The van der Waals surface area contributed by atoms with E-state index in [4.69, 9.17) is 0 Å². The van der Waals surface area contributed by atoms with Gasteiger partial charge in [0.25, 0.3) is 5.91 Å². The van der Waals surface area contributed by atoms with Crippen LogP contribution in [0.25, 0.3) is 0 Å². The minimum Gasteiger partial charge on any atom is -0.342 e. The third-order valence-electron chi connectivity index (χ3n) is 2.00. The van der Waals surface area contributed by atoms with Crippen LogP contribution in [-0.4, -0.2) is 24.5 Å². The van der Waals surface area contributed by atoms with Crippen LogP contribution in [0.2, 0.25) is 0 Å². The number of hydrogen-bond acceptors (Lipinski definition) is 3. The molecule has 1 atom stereocenters. The Morgan fingerprint density at radius 1 is 1.58 bits per heavy atom. The molecular formula is C7H10N2O3. The van der Waals surface area contributed by atoms with Crippen molar-refractivity contribution >= 4 is 11.8 Å². The summed E-state index contributed by atoms with van der Waals surface area (Å²) in [6.07, 6.45) is 1.89. The molecule has 2 aliphatic rings. The molecule has 2 N–H and O–H groups in total. The van der Waals surface area contributed by atoms with Crippen LogP contribution in [0, 0.1) is 5.92 Å². The third kappa shape index (κ3) is 1.40. The normalized spacial score (nSPS) is 28.3. The molecule has 66 valence electrons. The molecule has 2 rings (SSSR count). The zero-order valence-electron chi connectivity index (χ0n) is 6.50. The first-order valence-corrected chi connectivity index (χ1v) is 3.99. The molecule has 12 heavy (non-hydrogen) atoms. The van der Waals surface area contributed by atoms with Crippen LogP contribution in [0.1, 0.15) is 12.8 Å². The summed E-state index contributed by atoms with van der Waals surface area (Å²) in [6.45, 7) is 0.233. The van der Waals surface area contributed by atoms with Gasteiger partial charge in [0, 0.05) is 5.92 Å². The quantitative estimate of drug-likeness (QED) is 0.555. The highest BCUT2D eigenvalue weighted by Crippen LogP contribution is 2.28. The second kappa shape index (κ2) is 2.75. The lowest BCUT2D eigenvalue weighted by Gasteiger charge is -2.06. The summed E-state index contributed by atoms with van der Waals surface area (Å²) in [6, 6.07) is -0.488. The van der Waals surface area contributed by atoms with Gasteiger partial charge in [-0.15, -0.1) is 0 Å². The number of rotatable bonds is 2. The van der Waals surface area contributed by atoms with Crippen LogP contribution in [0.5, 0.6) is 0 Å². The van der Waals surface area contributed by atoms with Crippen molar-refractivity contribution in [2.24, 2.45) is 5.92 Å². The molecule has 1 saturated heterocycles. The Morgan fingerprint density at radius 2 is 2.33 bits per heavy atom. The fourth-order valence-corrected chi connectivity index (χ4v) is 1.09. The lowest BCUT2D eigenvalue weighted by molar-refractivity contribution is -0.129. The predicted octanol–water partition coefficient (Wildman–Crippen LogP) is -1.06. The van der Waals surface area contributed by atoms with Crippen molar-refractivity contribution in [2.75, 3.05) is 6.61 Å². The molecule has 1 heterocycles. The number of hydrogen-bond donors (Lipinski definition) is 2. The van der Waals surface area contributed by atoms with Crippen molar-refractivity contribution in [3.63, 3.8) is 0 Å². The largest absolute Gasteiger partial charge is 0.342 e. The second-order valence-corrected chi connectivity index (χ2v) is 3.11. The topological polar surface area (TPSA) is 67.4 Å². The summed E-state index contributed by atoms with van der Waals surface area (Å²) in [5, 5.41) is 2.61. The molecule has 2 amide bonds. The molecule has 5 nitrogen and oxygen atoms in total. The van der Waals surface area contributed by atoms with Gasteiger partial charge in [-0.1, -0.05) is 0 Å². The fraction of sp³-hybridized carbons (Fsp3) is 0.714. The molecular weight excluding hydrogens is 160 g/mol. The molecule has 0 aromatic rings. The Kier molecular flexibility index (Phi) is 1.73. The highest BCUT2D eigenvalue weighted by atomic mass is 16.7. The summed E-state index contributed by atoms with van der Waals surface area (Å²) in [4.78, 5) is 26.7. The molecule has 1 aliphatic carbocycles. The molecule has 1 saturated carbocycles. The van der Waals surface area contributed by atoms with Gasteiger partial charge in [0.05, 0.1) is 0 Å². The van der Waals surface area contributed by atoms with Gasteiger partial charge in [-0.3, -0.25) is 14.4 Å². The van der Waals surface area contributed by atoms with Crippen molar-refractivity contribution in [1.82, 2.24) is 10.8 Å². The Bertz CT molecular complexity index is 225. The summed E-state index contributed by atoms with van der Waals surface area (Å²) in [5.41, 5.74) is 2.18. The molecule has 1 aliphatic heterocycles. The molecule has 0 unspecified atom stereocenters. The maximum absolute atomic E-state index is 11.2. The van der Waals surface area contributed by atoms with E-state index in [-0.39, 0.29) is 24.3 Å². The van der Waals surface area contributed by atoms with Crippen LogP contribution < -0.4 is 10.8 Å². The molecule has 0 aromatic heterocycles. The van der Waals surface area contributed by atoms with Gasteiger partial charge in [-0.05, 0) is 12.8 Å². The third-order valence-corrected chi connectivity index (χ3v) is 2.00. The van der Waals surface area contributed by atoms with Crippen molar-refractivity contribution in [3.8, 4) is 0 Å². The first-order valence-electron chi connectivity index (χ1n) is 3.99. The fourth-order valence-electron chi connectivity index (χ4n) is 1.09. The van der Waals surface area contributed by atoms with E-state index in [0.717, 1.165) is 12.8 Å².